The Hall–Kier alpha value is 99.2. The van der Waals surface area contributed by atoms with Crippen molar-refractivity contribution in [1.82, 2.24) is 0 Å². The monoisotopic (exact) mass is 3920 g/mol. The summed E-state index contributed by atoms with van der Waals surface area (Å²) < 4.78 is 0. The number of hydrogen-bond acceptors (Lipinski definition) is 0. The van der Waals surface area contributed by atoms with Gasteiger partial charge in [-0.25, -0.2) is 0 Å². The second-order valence-electron chi connectivity index (χ2n) is 0. The summed E-state index contributed by atoms with van der Waals surface area (Å²) in [6, 6.07) is 0. The first-order valence-electron chi connectivity index (χ1n) is 0. The van der Waals surface area contributed by atoms with Crippen LogP contribution in [-0.4, -0.2) is 214 Å². The van der Waals surface area contributed by atoms with Gasteiger partial charge < -0.3 is 214 Å². The van der Waals surface area contributed by atoms with Gasteiger partial charge in [-0.2, -0.15) is 0 Å². The largest absolute Gasteiger partial charge is 0.412 e. The van der Waals surface area contributed by atoms with Crippen molar-refractivity contribution in [2.24, 2.45) is 0 Å². The van der Waals surface area contributed by atoms with Crippen molar-refractivity contribution in [3.63, 3.8) is 0 Å². The molecule has 0 aliphatic heterocycles. The maximum Gasteiger partial charge on any atom is 0 e. The van der Waals surface area contributed by atoms with Gasteiger partial charge in [0, 0.05) is 3020 Å². The molecule has 40 nitrogen and oxygen atoms in total. The van der Waals surface area contributed by atoms with Crippen molar-refractivity contribution in [3.05, 3.63) is 0 Å². The molecule has 78 N–H and O–H groups in total. The molecule has 0 unspecified atom stereocenters. The molecule has 120 heteroatoms. The van der Waals surface area contributed by atoms with Crippen LogP contribution in [0, 0.1) is 3020 Å². The Kier molecular flexibility index (Phi) is 9250. The first kappa shape index (κ1) is 1060. The molecule has 958 valence electrons. The molecule has 0 aliphatic carbocycles. The normalized spacial score (nSPS) is 0. The molecule has 120 heavy (non-hydrogen) atoms. The van der Waals surface area contributed by atoms with Crippen LogP contribution in [0.4, 0.5) is 0 Å². The third-order valence-corrected chi connectivity index (χ3v) is 0. The van der Waals surface area contributed by atoms with E-state index in [1.54, 1.807) is 0 Å². The van der Waals surface area contributed by atoms with Gasteiger partial charge in [-0.05, 0) is 0 Å². The summed E-state index contributed by atoms with van der Waals surface area (Å²) in [5, 5.41) is 0. The summed E-state index contributed by atoms with van der Waals surface area (Å²) in [4.78, 5) is 0. The molecule has 0 aromatic rings. The van der Waals surface area contributed by atoms with Gasteiger partial charge in [0.05, 0.1) is 0 Å². The van der Waals surface area contributed by atoms with E-state index in [9.17, 15) is 0 Å². The van der Waals surface area contributed by atoms with E-state index in [1.165, 1.54) is 0 Å². The molecule has 0 heterocycles. The predicted molar refractivity (Wildman–Crippen MR) is 142 cm³/mol. The summed E-state index contributed by atoms with van der Waals surface area (Å²) in [7, 11) is 0. The van der Waals surface area contributed by atoms with Gasteiger partial charge in [-0.1, -0.05) is 0 Å². The maximum atomic E-state index is 0. The van der Waals surface area contributed by atoms with Gasteiger partial charge in [0.1, 0.15) is 0 Å². The second-order valence-corrected chi connectivity index (χ2v) is 0. The fourth-order valence-electron chi connectivity index (χ4n) is 0. The maximum absolute atomic E-state index is 0. The van der Waals surface area contributed by atoms with Crippen molar-refractivity contribution in [3.8, 4) is 0 Å². The molecule has 2 radical (unpaired) electrons. The number of hydrogen-bond donors (Lipinski definition) is 0. The molecule has 0 aliphatic rings. The van der Waals surface area contributed by atoms with E-state index < -0.39 is 0 Å². The molecule has 0 bridgehead atoms. The molecule has 0 aromatic carbocycles. The van der Waals surface area contributed by atoms with Gasteiger partial charge in [-0.15, -0.1) is 0 Å². The molecule has 0 saturated carbocycles. The summed E-state index contributed by atoms with van der Waals surface area (Å²) in [6.45, 7) is 0. The quantitative estimate of drug-likeness (QED) is 0.218. The standard InChI is InChI=1S/80Ar.39H2O.O/h;;;;;;;;;;;;;;;;;;;;;;;;;;;;;;;;;;;;;;;;;;;;;;;;;;;;;;;;;;;;;;;;;;;;;;;;;;;;;;;;39*1H2;. The minimum Gasteiger partial charge on any atom is -0.412 e. The summed E-state index contributed by atoms with van der Waals surface area (Å²) in [6.07, 6.45) is 0. The zero-order chi connectivity index (χ0) is 0. The van der Waals surface area contributed by atoms with Crippen molar-refractivity contribution in [2.75, 3.05) is 0 Å². The van der Waals surface area contributed by atoms with Crippen LogP contribution in [0.1, 0.15) is 0 Å². The zero-order valence-electron chi connectivity index (χ0n) is 48.2. The summed E-state index contributed by atoms with van der Waals surface area (Å²) in [5.41, 5.74) is 0. The van der Waals surface area contributed by atoms with Gasteiger partial charge >= 0.3 is 0 Å². The SMILES string of the molecule is O.O.O.O.O.O.O.O.O.O.O.O.O.O.O.O.O.O.O.O.O.O.O.O.O.O.O.O.O.O.O.O.O.O.O.O.O.O.O.[Ar].[Ar].[Ar].[Ar].[Ar].[Ar].[Ar].[Ar].[Ar].[Ar].[Ar].[Ar].[Ar].[Ar].[Ar].[Ar].[Ar].[Ar].[Ar].[Ar].[Ar].[Ar].[Ar].[Ar].[Ar].[Ar].[Ar].[Ar].[Ar].[Ar].[Ar].[Ar].[Ar].[Ar].[Ar].[Ar].[Ar].[Ar].[Ar].[Ar].[Ar].[Ar].[Ar].[Ar].[Ar].[Ar].[Ar].[Ar].[Ar].[Ar].[Ar].[Ar].[Ar].[Ar].[Ar].[Ar].[Ar].[Ar].[Ar].[Ar].[Ar].[Ar].[Ar].[Ar].[Ar].[Ar].[Ar].[Ar].[Ar].[Ar].[Ar].[Ar].[Ar].[Ar].[Ar].[Ar].[Ar].[Ar].[Ar].[Ar].[O]. The van der Waals surface area contributed by atoms with E-state index in [4.69, 9.17) is 0 Å². The van der Waals surface area contributed by atoms with Crippen molar-refractivity contribution < 1.29 is 3240 Å². The van der Waals surface area contributed by atoms with Crippen molar-refractivity contribution in [2.45, 2.75) is 0 Å². The molecular weight excluding hydrogens is 3840 g/mol. The van der Waals surface area contributed by atoms with Crippen LogP contribution in [-0.2, 0) is 5.48 Å². The predicted octanol–water partition coefficient (Wildman–Crippen LogP) is -32.3. The van der Waals surface area contributed by atoms with Crippen LogP contribution in [0.2, 0.25) is 0 Å². The third kappa shape index (κ3) is 1030. The van der Waals surface area contributed by atoms with Gasteiger partial charge in [-0.3, -0.25) is 0 Å². The molecule has 0 saturated heterocycles. The first-order chi connectivity index (χ1) is 0. The first-order valence-corrected chi connectivity index (χ1v) is 0. The third-order valence-electron chi connectivity index (χ3n) is 0. The molecular formula is H78Ar80O40. The minimum atomic E-state index is 0. The van der Waals surface area contributed by atoms with Crippen LogP contribution in [0.15, 0.2) is 0 Å². The van der Waals surface area contributed by atoms with E-state index >= 15 is 0 Å². The van der Waals surface area contributed by atoms with E-state index in [0.717, 1.165) is 0 Å². The van der Waals surface area contributed by atoms with E-state index in [-0.39, 0.29) is 3240 Å². The Morgan fingerprint density at radius 1 is 0.0250 bits per heavy atom. The molecule has 0 spiro atoms. The zero-order valence-corrected chi connectivity index (χ0v) is 105. The van der Waals surface area contributed by atoms with Crippen molar-refractivity contribution >= 4 is 0 Å². The molecule has 0 amide bonds. The second kappa shape index (κ2) is 1050. The Labute approximate surface area is 3110 Å². The molecule has 0 aromatic heterocycles. The summed E-state index contributed by atoms with van der Waals surface area (Å²) >= 11 is 0. The van der Waals surface area contributed by atoms with Crippen LogP contribution >= 0.6 is 0 Å². The summed E-state index contributed by atoms with van der Waals surface area (Å²) in [5.74, 6) is 0. The minimum absolute atomic E-state index is 0. The van der Waals surface area contributed by atoms with E-state index in [1.807, 2.05) is 0 Å². The Balaban J connectivity index is 0. The van der Waals surface area contributed by atoms with Crippen LogP contribution in [0.25, 0.3) is 0 Å². The van der Waals surface area contributed by atoms with Crippen LogP contribution in [0.5, 0.6) is 0 Å². The fraction of sp³-hybridized carbons (Fsp3) is 0. The molecule has 0 atom stereocenters. The Bertz CT molecular complexity index is 110. The van der Waals surface area contributed by atoms with E-state index in [2.05, 4.69) is 0 Å². The molecule has 0 fully saturated rings. The van der Waals surface area contributed by atoms with E-state index in [0.29, 0.717) is 0 Å². The average molecular weight is 3910 g/mol. The Morgan fingerprint density at radius 3 is 0.0250 bits per heavy atom. The van der Waals surface area contributed by atoms with Crippen LogP contribution in [0.3, 0.4) is 0 Å². The van der Waals surface area contributed by atoms with Gasteiger partial charge in [0.15, 0.2) is 0 Å². The van der Waals surface area contributed by atoms with Crippen LogP contribution < -0.4 is 0 Å². The fourth-order valence-corrected chi connectivity index (χ4v) is 0. The number of rotatable bonds is 0. The van der Waals surface area contributed by atoms with Gasteiger partial charge in [0.25, 0.3) is 0 Å². The topological polar surface area (TPSA) is 1260 Å². The van der Waals surface area contributed by atoms with Gasteiger partial charge in [0.2, 0.25) is 0 Å². The molecule has 0 rings (SSSR count). The Morgan fingerprint density at radius 2 is 0.0250 bits per heavy atom. The smallest absolute Gasteiger partial charge is 0 e. The average Bonchev–Trinajstić information content (AvgIpc) is 0. The van der Waals surface area contributed by atoms with Crippen molar-refractivity contribution in [1.29, 1.82) is 0 Å².